The Morgan fingerprint density at radius 1 is 1.00 bits per heavy atom. The number of ether oxygens (including phenoxy) is 1. The van der Waals surface area contributed by atoms with E-state index >= 15 is 0 Å². The zero-order valence-electron chi connectivity index (χ0n) is 19.2. The third-order valence-electron chi connectivity index (χ3n) is 6.92. The zero-order valence-corrected chi connectivity index (χ0v) is 19.2. The highest BCUT2D eigenvalue weighted by molar-refractivity contribution is 6.19. The molecule has 3 aliphatic heterocycles. The third kappa shape index (κ3) is 3.02. The fourth-order valence-corrected chi connectivity index (χ4v) is 5.48. The van der Waals surface area contributed by atoms with Gasteiger partial charge in [-0.3, -0.25) is 9.69 Å². The maximum absolute atomic E-state index is 14.4. The molecule has 182 valence electrons. The largest absolute Gasteiger partial charge is 0.456 e. The summed E-state index contributed by atoms with van der Waals surface area (Å²) in [4.78, 5) is 30.5. The molecule has 0 unspecified atom stereocenters. The van der Waals surface area contributed by atoms with Gasteiger partial charge >= 0.3 is 5.97 Å². The second-order valence-corrected chi connectivity index (χ2v) is 8.87. The minimum absolute atomic E-state index is 0.000752. The van der Waals surface area contributed by atoms with E-state index in [2.05, 4.69) is 6.07 Å². The highest BCUT2D eigenvalue weighted by Gasteiger charge is 2.63. The van der Waals surface area contributed by atoms with Gasteiger partial charge in [-0.2, -0.15) is 5.26 Å². The number of amides is 1. The Kier molecular flexibility index (Phi) is 4.88. The molecular formula is C28H18F2N4O3. The maximum Gasteiger partial charge on any atom is 0.338 e. The van der Waals surface area contributed by atoms with Crippen molar-refractivity contribution in [2.24, 2.45) is 5.73 Å². The van der Waals surface area contributed by atoms with Crippen molar-refractivity contribution in [2.75, 3.05) is 16.4 Å². The highest BCUT2D eigenvalue weighted by Crippen LogP contribution is 2.56. The summed E-state index contributed by atoms with van der Waals surface area (Å²) in [6.07, 6.45) is 0. The van der Waals surface area contributed by atoms with Crippen molar-refractivity contribution in [3.05, 3.63) is 118 Å². The van der Waals surface area contributed by atoms with Gasteiger partial charge in [-0.1, -0.05) is 36.4 Å². The second kappa shape index (κ2) is 8.03. The Morgan fingerprint density at radius 2 is 1.73 bits per heavy atom. The van der Waals surface area contributed by atoms with Gasteiger partial charge in [-0.25, -0.2) is 13.6 Å². The van der Waals surface area contributed by atoms with Crippen LogP contribution in [0.2, 0.25) is 0 Å². The number of anilines is 2. The molecule has 3 aromatic carbocycles. The van der Waals surface area contributed by atoms with Gasteiger partial charge in [0.2, 0.25) is 5.91 Å². The fourth-order valence-electron chi connectivity index (χ4n) is 5.48. The lowest BCUT2D eigenvalue weighted by Gasteiger charge is -2.38. The van der Waals surface area contributed by atoms with Crippen LogP contribution in [0.25, 0.3) is 0 Å². The molecule has 37 heavy (non-hydrogen) atoms. The quantitative estimate of drug-likeness (QED) is 0.554. The van der Waals surface area contributed by atoms with Crippen LogP contribution in [0.4, 0.5) is 20.2 Å². The van der Waals surface area contributed by atoms with E-state index in [0.29, 0.717) is 16.8 Å². The van der Waals surface area contributed by atoms with Crippen molar-refractivity contribution < 1.29 is 23.1 Å². The lowest BCUT2D eigenvalue weighted by Crippen LogP contribution is -2.50. The average Bonchev–Trinajstić information content (AvgIpc) is 3.37. The van der Waals surface area contributed by atoms with Gasteiger partial charge in [-0.15, -0.1) is 0 Å². The van der Waals surface area contributed by atoms with Gasteiger partial charge in [0.1, 0.15) is 35.5 Å². The van der Waals surface area contributed by atoms with Crippen molar-refractivity contribution in [2.45, 2.75) is 12.0 Å². The number of hydrogen-bond acceptors (Lipinski definition) is 6. The Hall–Kier alpha value is -4.97. The SMILES string of the molecule is N#CC1=C(N)N(c2cccc(F)c2)C2=C(C(=O)OC2)[C@@]12C(=O)N(Cc1cccc(F)c1)c1ccccc12. The number of fused-ring (bicyclic) bond motifs is 3. The summed E-state index contributed by atoms with van der Waals surface area (Å²) in [5, 5.41) is 10.4. The Bertz CT molecular complexity index is 1620. The lowest BCUT2D eigenvalue weighted by atomic mass is 9.67. The number of cyclic esters (lactones) is 1. The first kappa shape index (κ1) is 22.5. The zero-order chi connectivity index (χ0) is 25.9. The number of hydrogen-bond donors (Lipinski definition) is 1. The number of carbonyl (C=O) groups is 2. The summed E-state index contributed by atoms with van der Waals surface area (Å²) in [6.45, 7) is -0.218. The molecule has 1 amide bonds. The summed E-state index contributed by atoms with van der Waals surface area (Å²) in [5.74, 6) is -2.46. The first-order valence-electron chi connectivity index (χ1n) is 11.4. The number of carbonyl (C=O) groups excluding carboxylic acids is 2. The molecule has 0 saturated carbocycles. The van der Waals surface area contributed by atoms with E-state index in [1.807, 2.05) is 0 Å². The fraction of sp³-hybridized carbons (Fsp3) is 0.107. The molecule has 2 N–H and O–H groups in total. The molecule has 9 heteroatoms. The number of esters is 1. The molecule has 0 saturated heterocycles. The normalized spacial score (nSPS) is 20.4. The smallest absolute Gasteiger partial charge is 0.338 e. The van der Waals surface area contributed by atoms with Crippen LogP contribution in [-0.4, -0.2) is 18.5 Å². The Labute approximate surface area is 210 Å². The summed E-state index contributed by atoms with van der Waals surface area (Å²) < 4.78 is 33.5. The van der Waals surface area contributed by atoms with E-state index in [1.54, 1.807) is 36.4 Å². The number of rotatable bonds is 3. The molecule has 0 aliphatic carbocycles. The van der Waals surface area contributed by atoms with Crippen molar-refractivity contribution >= 4 is 23.3 Å². The third-order valence-corrected chi connectivity index (χ3v) is 6.92. The van der Waals surface area contributed by atoms with Gasteiger partial charge in [0.25, 0.3) is 0 Å². The monoisotopic (exact) mass is 496 g/mol. The van der Waals surface area contributed by atoms with E-state index in [0.717, 1.165) is 0 Å². The summed E-state index contributed by atoms with van der Waals surface area (Å²) in [5.41, 5.74) is 6.38. The molecule has 0 bridgehead atoms. The molecule has 0 fully saturated rings. The number of halogens is 2. The van der Waals surface area contributed by atoms with E-state index in [9.17, 15) is 23.6 Å². The van der Waals surface area contributed by atoms with Crippen molar-refractivity contribution in [1.29, 1.82) is 5.26 Å². The van der Waals surface area contributed by atoms with Gasteiger partial charge in [0.15, 0.2) is 0 Å². The van der Waals surface area contributed by atoms with Gasteiger partial charge in [0, 0.05) is 11.3 Å². The minimum atomic E-state index is -1.87. The van der Waals surface area contributed by atoms with Crippen LogP contribution in [0.15, 0.2) is 95.5 Å². The first-order valence-corrected chi connectivity index (χ1v) is 11.4. The van der Waals surface area contributed by atoms with Crippen molar-refractivity contribution in [1.82, 2.24) is 0 Å². The van der Waals surface area contributed by atoms with Crippen LogP contribution in [0.3, 0.4) is 0 Å². The van der Waals surface area contributed by atoms with E-state index < -0.39 is 28.9 Å². The van der Waals surface area contributed by atoms with Crippen LogP contribution >= 0.6 is 0 Å². The van der Waals surface area contributed by atoms with Crippen LogP contribution in [0, 0.1) is 23.0 Å². The molecule has 0 radical (unpaired) electrons. The van der Waals surface area contributed by atoms with E-state index in [-0.39, 0.29) is 41.5 Å². The second-order valence-electron chi connectivity index (χ2n) is 8.87. The molecule has 3 heterocycles. The number of nitrogens with two attached hydrogens (primary N) is 1. The van der Waals surface area contributed by atoms with Crippen LogP contribution in [0.1, 0.15) is 11.1 Å². The van der Waals surface area contributed by atoms with Crippen LogP contribution < -0.4 is 15.5 Å². The molecule has 3 aliphatic rings. The molecule has 7 nitrogen and oxygen atoms in total. The predicted molar refractivity (Wildman–Crippen MR) is 129 cm³/mol. The summed E-state index contributed by atoms with van der Waals surface area (Å²) >= 11 is 0. The standard InChI is InChI=1S/C28H18F2N4O3/c29-17-6-3-5-16(11-17)14-33-22-10-2-1-9-20(22)28(27(33)36)21(13-31)25(32)34(19-8-4-7-18(30)12-19)23-15-37-26(35)24(23)28/h1-12H,14-15,32H2/t28-/m0/s1. The molecule has 3 aromatic rings. The summed E-state index contributed by atoms with van der Waals surface area (Å²) in [6, 6.07) is 20.2. The predicted octanol–water partition coefficient (Wildman–Crippen LogP) is 3.77. The van der Waals surface area contributed by atoms with Gasteiger partial charge in [0.05, 0.1) is 29.1 Å². The molecular weight excluding hydrogens is 478 g/mol. The number of nitriles is 1. The highest BCUT2D eigenvalue weighted by atomic mass is 19.1. The number of para-hydroxylation sites is 1. The molecule has 1 spiro atoms. The lowest BCUT2D eigenvalue weighted by molar-refractivity contribution is -0.137. The Balaban J connectivity index is 1.61. The summed E-state index contributed by atoms with van der Waals surface area (Å²) in [7, 11) is 0. The molecule has 1 atom stereocenters. The van der Waals surface area contributed by atoms with Gasteiger partial charge < -0.3 is 15.4 Å². The van der Waals surface area contributed by atoms with Crippen molar-refractivity contribution in [3.63, 3.8) is 0 Å². The van der Waals surface area contributed by atoms with E-state index in [4.69, 9.17) is 10.5 Å². The molecule has 0 aromatic heterocycles. The van der Waals surface area contributed by atoms with Gasteiger partial charge in [-0.05, 0) is 42.0 Å². The van der Waals surface area contributed by atoms with Crippen molar-refractivity contribution in [3.8, 4) is 6.07 Å². The number of benzene rings is 3. The topological polar surface area (TPSA) is 99.7 Å². The molecule has 6 rings (SSSR count). The van der Waals surface area contributed by atoms with Crippen LogP contribution in [-0.2, 0) is 26.3 Å². The number of nitrogens with zero attached hydrogens (tertiary/aromatic N) is 3. The van der Waals surface area contributed by atoms with Crippen LogP contribution in [0.5, 0.6) is 0 Å². The van der Waals surface area contributed by atoms with E-state index in [1.165, 1.54) is 46.2 Å². The first-order chi connectivity index (χ1) is 17.9. The minimum Gasteiger partial charge on any atom is -0.456 e. The Morgan fingerprint density at radius 3 is 2.46 bits per heavy atom. The average molecular weight is 496 g/mol. The maximum atomic E-state index is 14.4.